The van der Waals surface area contributed by atoms with E-state index in [0.717, 1.165) is 11.0 Å². The van der Waals surface area contributed by atoms with Gasteiger partial charge < -0.3 is 5.32 Å². The lowest BCUT2D eigenvalue weighted by molar-refractivity contribution is 0.102. The van der Waals surface area contributed by atoms with Crippen LogP contribution in [0.15, 0.2) is 36.8 Å². The number of carbonyl (C=O) groups is 1. The molecule has 3 rings (SSSR count). The molecule has 0 aliphatic heterocycles. The molecule has 1 aromatic carbocycles. The van der Waals surface area contributed by atoms with Gasteiger partial charge in [-0.2, -0.15) is 15.4 Å². The van der Waals surface area contributed by atoms with E-state index in [-0.39, 0.29) is 11.6 Å². The molecule has 0 spiro atoms. The molecule has 0 aliphatic rings. The second-order valence-corrected chi connectivity index (χ2v) is 3.57. The van der Waals surface area contributed by atoms with Crippen molar-refractivity contribution in [2.75, 3.05) is 5.32 Å². The standard InChI is InChI=1S/C11H8N6O/c18-11(10-6-14-17-16-10)15-7-1-2-8-9(5-7)13-4-3-12-8/h1-6H,(H,15,18)(H,14,16,17). The van der Waals surface area contributed by atoms with Crippen molar-refractivity contribution in [2.24, 2.45) is 0 Å². The predicted molar refractivity (Wildman–Crippen MR) is 63.9 cm³/mol. The monoisotopic (exact) mass is 240 g/mol. The van der Waals surface area contributed by atoms with Crippen LogP contribution in [-0.2, 0) is 0 Å². The minimum Gasteiger partial charge on any atom is -0.320 e. The van der Waals surface area contributed by atoms with Crippen molar-refractivity contribution in [3.05, 3.63) is 42.5 Å². The summed E-state index contributed by atoms with van der Waals surface area (Å²) in [6, 6.07) is 5.30. The second kappa shape index (κ2) is 4.21. The highest BCUT2D eigenvalue weighted by Gasteiger charge is 2.09. The molecule has 2 N–H and O–H groups in total. The average Bonchev–Trinajstić information content (AvgIpc) is 2.92. The van der Waals surface area contributed by atoms with Gasteiger partial charge in [0, 0.05) is 18.1 Å². The zero-order valence-corrected chi connectivity index (χ0v) is 9.16. The van der Waals surface area contributed by atoms with Crippen molar-refractivity contribution in [2.45, 2.75) is 0 Å². The molecule has 0 fully saturated rings. The lowest BCUT2D eigenvalue weighted by atomic mass is 10.2. The molecule has 2 aromatic heterocycles. The number of aromatic nitrogens is 5. The molecule has 0 atom stereocenters. The highest BCUT2D eigenvalue weighted by Crippen LogP contribution is 2.15. The Morgan fingerprint density at radius 2 is 2.00 bits per heavy atom. The Morgan fingerprint density at radius 3 is 2.78 bits per heavy atom. The SMILES string of the molecule is O=C(Nc1ccc2nccnc2c1)c1cn[nH]n1. The minimum atomic E-state index is -0.327. The Labute approximate surface area is 101 Å². The van der Waals surface area contributed by atoms with Gasteiger partial charge in [0.05, 0.1) is 17.2 Å². The number of hydrogen-bond acceptors (Lipinski definition) is 5. The third kappa shape index (κ3) is 1.88. The molecule has 0 saturated carbocycles. The van der Waals surface area contributed by atoms with Crippen LogP contribution in [0.25, 0.3) is 11.0 Å². The predicted octanol–water partition coefficient (Wildman–Crippen LogP) is 1.00. The van der Waals surface area contributed by atoms with E-state index in [1.54, 1.807) is 30.6 Å². The molecule has 2 heterocycles. The summed E-state index contributed by atoms with van der Waals surface area (Å²) in [5, 5.41) is 12.4. The maximum absolute atomic E-state index is 11.7. The summed E-state index contributed by atoms with van der Waals surface area (Å²) < 4.78 is 0. The summed E-state index contributed by atoms with van der Waals surface area (Å²) in [4.78, 5) is 20.1. The molecule has 3 aromatic rings. The van der Waals surface area contributed by atoms with Crippen LogP contribution in [0.2, 0.25) is 0 Å². The van der Waals surface area contributed by atoms with E-state index in [1.807, 2.05) is 0 Å². The van der Waals surface area contributed by atoms with Crippen molar-refractivity contribution in [1.29, 1.82) is 0 Å². The first-order valence-corrected chi connectivity index (χ1v) is 5.21. The molecule has 88 valence electrons. The first-order chi connectivity index (χ1) is 8.83. The number of amides is 1. The smallest absolute Gasteiger partial charge is 0.277 e. The first kappa shape index (κ1) is 10.3. The zero-order chi connectivity index (χ0) is 12.4. The number of carbonyl (C=O) groups excluding carboxylic acids is 1. The van der Waals surface area contributed by atoms with Crippen LogP contribution in [-0.4, -0.2) is 31.3 Å². The van der Waals surface area contributed by atoms with E-state index in [0.29, 0.717) is 5.69 Å². The van der Waals surface area contributed by atoms with Gasteiger partial charge in [-0.15, -0.1) is 0 Å². The maximum Gasteiger partial charge on any atom is 0.277 e. The lowest BCUT2D eigenvalue weighted by Gasteiger charge is -2.03. The molecule has 0 saturated heterocycles. The van der Waals surface area contributed by atoms with Crippen LogP contribution in [0, 0.1) is 0 Å². The van der Waals surface area contributed by atoms with Crippen molar-refractivity contribution in [3.63, 3.8) is 0 Å². The highest BCUT2D eigenvalue weighted by molar-refractivity contribution is 6.03. The van der Waals surface area contributed by atoms with Gasteiger partial charge in [-0.3, -0.25) is 14.8 Å². The summed E-state index contributed by atoms with van der Waals surface area (Å²) in [5.74, 6) is -0.327. The van der Waals surface area contributed by atoms with E-state index < -0.39 is 0 Å². The van der Waals surface area contributed by atoms with Gasteiger partial charge in [0.1, 0.15) is 0 Å². The molecule has 1 amide bonds. The largest absolute Gasteiger partial charge is 0.320 e. The number of nitrogens with one attached hydrogen (secondary N) is 2. The Bertz CT molecular complexity index is 694. The number of anilines is 1. The number of H-pyrrole nitrogens is 1. The molecule has 0 bridgehead atoms. The van der Waals surface area contributed by atoms with Gasteiger partial charge >= 0.3 is 0 Å². The first-order valence-electron chi connectivity index (χ1n) is 5.21. The zero-order valence-electron chi connectivity index (χ0n) is 9.16. The van der Waals surface area contributed by atoms with Crippen LogP contribution in [0.4, 0.5) is 5.69 Å². The minimum absolute atomic E-state index is 0.231. The topological polar surface area (TPSA) is 96.5 Å². The van der Waals surface area contributed by atoms with Crippen LogP contribution in [0.5, 0.6) is 0 Å². The van der Waals surface area contributed by atoms with Gasteiger partial charge in [-0.1, -0.05) is 0 Å². The normalized spacial score (nSPS) is 10.4. The number of benzene rings is 1. The molecular formula is C11H8N6O. The van der Waals surface area contributed by atoms with E-state index in [4.69, 9.17) is 0 Å². The number of hydrogen-bond donors (Lipinski definition) is 2. The Kier molecular flexibility index (Phi) is 2.41. The maximum atomic E-state index is 11.7. The van der Waals surface area contributed by atoms with Gasteiger partial charge in [0.25, 0.3) is 5.91 Å². The summed E-state index contributed by atoms with van der Waals surface area (Å²) >= 11 is 0. The van der Waals surface area contributed by atoms with Gasteiger partial charge in [0.15, 0.2) is 5.69 Å². The Hall–Kier alpha value is -2.83. The molecular weight excluding hydrogens is 232 g/mol. The fourth-order valence-corrected chi connectivity index (χ4v) is 1.55. The summed E-state index contributed by atoms with van der Waals surface area (Å²) in [7, 11) is 0. The van der Waals surface area contributed by atoms with Crippen LogP contribution in [0.3, 0.4) is 0 Å². The summed E-state index contributed by atoms with van der Waals surface area (Å²) in [5.41, 5.74) is 2.36. The van der Waals surface area contributed by atoms with Crippen molar-refractivity contribution >= 4 is 22.6 Å². The number of nitrogens with zero attached hydrogens (tertiary/aromatic N) is 4. The molecule has 18 heavy (non-hydrogen) atoms. The fourth-order valence-electron chi connectivity index (χ4n) is 1.55. The molecule has 0 radical (unpaired) electrons. The van der Waals surface area contributed by atoms with Gasteiger partial charge in [-0.25, -0.2) is 0 Å². The lowest BCUT2D eigenvalue weighted by Crippen LogP contribution is -2.12. The average molecular weight is 240 g/mol. The fraction of sp³-hybridized carbons (Fsp3) is 0. The molecule has 7 nitrogen and oxygen atoms in total. The summed E-state index contributed by atoms with van der Waals surface area (Å²) in [6.45, 7) is 0. The van der Waals surface area contributed by atoms with Crippen LogP contribution >= 0.6 is 0 Å². The third-order valence-corrected chi connectivity index (χ3v) is 2.37. The van der Waals surface area contributed by atoms with Crippen molar-refractivity contribution in [1.82, 2.24) is 25.4 Å². The van der Waals surface area contributed by atoms with Crippen molar-refractivity contribution in [3.8, 4) is 0 Å². The number of fused-ring (bicyclic) bond motifs is 1. The number of aromatic amines is 1. The van der Waals surface area contributed by atoms with E-state index >= 15 is 0 Å². The molecule has 7 heteroatoms. The number of rotatable bonds is 2. The van der Waals surface area contributed by atoms with E-state index in [1.165, 1.54) is 6.20 Å². The van der Waals surface area contributed by atoms with Crippen LogP contribution < -0.4 is 5.32 Å². The highest BCUT2D eigenvalue weighted by atomic mass is 16.2. The van der Waals surface area contributed by atoms with Gasteiger partial charge in [0.2, 0.25) is 0 Å². The Morgan fingerprint density at radius 1 is 1.17 bits per heavy atom. The molecule has 0 unspecified atom stereocenters. The third-order valence-electron chi connectivity index (χ3n) is 2.37. The quantitative estimate of drug-likeness (QED) is 0.696. The van der Waals surface area contributed by atoms with Crippen LogP contribution in [0.1, 0.15) is 10.5 Å². The molecule has 0 aliphatic carbocycles. The van der Waals surface area contributed by atoms with E-state index in [2.05, 4.69) is 30.7 Å². The Balaban J connectivity index is 1.89. The second-order valence-electron chi connectivity index (χ2n) is 3.57. The summed E-state index contributed by atoms with van der Waals surface area (Å²) in [6.07, 6.45) is 4.58. The van der Waals surface area contributed by atoms with Crippen molar-refractivity contribution < 1.29 is 4.79 Å². The van der Waals surface area contributed by atoms with Gasteiger partial charge in [-0.05, 0) is 18.2 Å². The van der Waals surface area contributed by atoms with E-state index in [9.17, 15) is 4.79 Å².